The number of carbonyl (C=O) groups is 1. The zero-order valence-electron chi connectivity index (χ0n) is 10.9. The quantitative estimate of drug-likeness (QED) is 0.842. The average Bonchev–Trinajstić information content (AvgIpc) is 2.28. The molecule has 0 atom stereocenters. The van der Waals surface area contributed by atoms with Crippen LogP contribution in [0.2, 0.25) is 0 Å². The summed E-state index contributed by atoms with van der Waals surface area (Å²) in [5, 5.41) is 5.95. The molecule has 1 saturated heterocycles. The van der Waals surface area contributed by atoms with Crippen molar-refractivity contribution in [1.82, 2.24) is 5.32 Å². The largest absolute Gasteiger partial charge is 0.496 e. The highest BCUT2D eigenvalue weighted by molar-refractivity contribution is 5.95. The lowest BCUT2D eigenvalue weighted by Crippen LogP contribution is -2.48. The van der Waals surface area contributed by atoms with Gasteiger partial charge in [-0.2, -0.15) is 0 Å². The van der Waals surface area contributed by atoms with E-state index in [9.17, 15) is 4.79 Å². The van der Waals surface area contributed by atoms with Crippen LogP contribution < -0.4 is 20.1 Å². The zero-order chi connectivity index (χ0) is 13.1. The Balaban J connectivity index is 2.21. The highest BCUT2D eigenvalue weighted by Crippen LogP contribution is 2.32. The van der Waals surface area contributed by atoms with Gasteiger partial charge in [-0.25, -0.2) is 0 Å². The fourth-order valence-electron chi connectivity index (χ4n) is 1.86. The summed E-state index contributed by atoms with van der Waals surface area (Å²) in [5.74, 6) is 1.44. The van der Waals surface area contributed by atoms with Crippen molar-refractivity contribution >= 4 is 11.6 Å². The minimum atomic E-state index is 0.0120. The average molecular weight is 250 g/mol. The maximum Gasteiger partial charge on any atom is 0.230 e. The van der Waals surface area contributed by atoms with Gasteiger partial charge in [-0.3, -0.25) is 4.79 Å². The molecule has 1 aromatic carbocycles. The molecule has 5 heteroatoms. The van der Waals surface area contributed by atoms with E-state index >= 15 is 0 Å². The Hall–Kier alpha value is -1.75. The van der Waals surface area contributed by atoms with Crippen LogP contribution in [-0.2, 0) is 4.79 Å². The molecule has 98 valence electrons. The molecule has 0 saturated carbocycles. The molecule has 0 aliphatic carbocycles. The Morgan fingerprint density at radius 1 is 1.28 bits per heavy atom. The molecular weight excluding hydrogens is 232 g/mol. The van der Waals surface area contributed by atoms with Gasteiger partial charge in [0.05, 0.1) is 25.8 Å². The summed E-state index contributed by atoms with van der Waals surface area (Å²) in [6.07, 6.45) is 0. The van der Waals surface area contributed by atoms with Crippen LogP contribution in [0.1, 0.15) is 5.56 Å². The number of carbonyl (C=O) groups excluding carboxylic acids is 1. The highest BCUT2D eigenvalue weighted by atomic mass is 16.5. The molecule has 1 fully saturated rings. The van der Waals surface area contributed by atoms with E-state index in [2.05, 4.69) is 10.6 Å². The highest BCUT2D eigenvalue weighted by Gasteiger charge is 2.25. The van der Waals surface area contributed by atoms with Crippen molar-refractivity contribution in [2.24, 2.45) is 5.92 Å². The third kappa shape index (κ3) is 2.41. The fraction of sp³-hybridized carbons (Fsp3) is 0.462. The molecule has 2 rings (SSSR count). The first-order valence-electron chi connectivity index (χ1n) is 5.90. The van der Waals surface area contributed by atoms with E-state index in [1.165, 1.54) is 0 Å². The third-order valence-corrected chi connectivity index (χ3v) is 3.13. The molecule has 0 spiro atoms. The Bertz CT molecular complexity index is 456. The Morgan fingerprint density at radius 2 is 1.94 bits per heavy atom. The van der Waals surface area contributed by atoms with Crippen molar-refractivity contribution in [3.8, 4) is 11.5 Å². The smallest absolute Gasteiger partial charge is 0.230 e. The number of aryl methyl sites for hydroxylation is 1. The molecule has 0 radical (unpaired) electrons. The molecule has 5 nitrogen and oxygen atoms in total. The van der Waals surface area contributed by atoms with Crippen LogP contribution in [0.5, 0.6) is 11.5 Å². The van der Waals surface area contributed by atoms with Gasteiger partial charge in [0.2, 0.25) is 5.91 Å². The van der Waals surface area contributed by atoms with Gasteiger partial charge in [-0.15, -0.1) is 0 Å². The monoisotopic (exact) mass is 250 g/mol. The number of ether oxygens (including phenoxy) is 2. The number of anilines is 1. The van der Waals surface area contributed by atoms with Crippen molar-refractivity contribution < 1.29 is 14.3 Å². The van der Waals surface area contributed by atoms with E-state index in [4.69, 9.17) is 9.47 Å². The van der Waals surface area contributed by atoms with Crippen molar-refractivity contribution in [1.29, 1.82) is 0 Å². The lowest BCUT2D eigenvalue weighted by molar-refractivity contribution is -0.121. The third-order valence-electron chi connectivity index (χ3n) is 3.13. The molecule has 0 bridgehead atoms. The van der Waals surface area contributed by atoms with Crippen LogP contribution in [-0.4, -0.2) is 33.2 Å². The Labute approximate surface area is 106 Å². The predicted octanol–water partition coefficient (Wildman–Crippen LogP) is 1.17. The van der Waals surface area contributed by atoms with Crippen LogP contribution in [0.15, 0.2) is 12.1 Å². The number of benzene rings is 1. The first kappa shape index (κ1) is 12.7. The summed E-state index contributed by atoms with van der Waals surface area (Å²) < 4.78 is 10.5. The molecule has 1 aliphatic rings. The normalized spacial score (nSPS) is 14.8. The Kier molecular flexibility index (Phi) is 3.72. The van der Waals surface area contributed by atoms with E-state index in [1.807, 2.05) is 13.0 Å². The molecule has 1 amide bonds. The molecule has 18 heavy (non-hydrogen) atoms. The zero-order valence-corrected chi connectivity index (χ0v) is 10.9. The van der Waals surface area contributed by atoms with Crippen molar-refractivity contribution in [3.63, 3.8) is 0 Å². The summed E-state index contributed by atoms with van der Waals surface area (Å²) in [7, 11) is 3.19. The van der Waals surface area contributed by atoms with Gasteiger partial charge >= 0.3 is 0 Å². The minimum Gasteiger partial charge on any atom is -0.496 e. The van der Waals surface area contributed by atoms with E-state index in [-0.39, 0.29) is 11.8 Å². The van der Waals surface area contributed by atoms with Crippen LogP contribution in [0.3, 0.4) is 0 Å². The minimum absolute atomic E-state index is 0.0120. The standard InChI is InChI=1S/C13H18N2O3/c1-8-4-12(18-3)10(5-11(8)17-2)15-13(16)9-6-14-7-9/h4-5,9,14H,6-7H2,1-3H3,(H,15,16). The second kappa shape index (κ2) is 5.27. The lowest BCUT2D eigenvalue weighted by atomic mass is 10.0. The molecule has 1 aliphatic heterocycles. The summed E-state index contributed by atoms with van der Waals surface area (Å²) in [5.41, 5.74) is 1.62. The first-order chi connectivity index (χ1) is 8.65. The van der Waals surface area contributed by atoms with Crippen LogP contribution in [0.25, 0.3) is 0 Å². The maximum atomic E-state index is 11.9. The molecular formula is C13H18N2O3. The first-order valence-corrected chi connectivity index (χ1v) is 5.90. The van der Waals surface area contributed by atoms with Gasteiger partial charge in [0.15, 0.2) is 0 Å². The molecule has 1 heterocycles. The van der Waals surface area contributed by atoms with Crippen LogP contribution in [0, 0.1) is 12.8 Å². The SMILES string of the molecule is COc1cc(NC(=O)C2CNC2)c(OC)cc1C. The van der Waals surface area contributed by atoms with Gasteiger partial charge in [0, 0.05) is 19.2 Å². The molecule has 0 aromatic heterocycles. The summed E-state index contributed by atoms with van der Waals surface area (Å²) in [4.78, 5) is 11.9. The fourth-order valence-corrected chi connectivity index (χ4v) is 1.86. The number of hydrogen-bond donors (Lipinski definition) is 2. The lowest BCUT2D eigenvalue weighted by Gasteiger charge is -2.26. The van der Waals surface area contributed by atoms with Gasteiger partial charge in [-0.05, 0) is 18.6 Å². The predicted molar refractivity (Wildman–Crippen MR) is 69.3 cm³/mol. The maximum absolute atomic E-state index is 11.9. The Morgan fingerprint density at radius 3 is 2.44 bits per heavy atom. The number of methoxy groups -OCH3 is 2. The number of hydrogen-bond acceptors (Lipinski definition) is 4. The summed E-state index contributed by atoms with van der Waals surface area (Å²) >= 11 is 0. The number of amides is 1. The van der Waals surface area contributed by atoms with Crippen LogP contribution in [0.4, 0.5) is 5.69 Å². The van der Waals surface area contributed by atoms with Gasteiger partial charge in [-0.1, -0.05) is 0 Å². The van der Waals surface area contributed by atoms with Gasteiger partial charge in [0.1, 0.15) is 11.5 Å². The van der Waals surface area contributed by atoms with Crippen molar-refractivity contribution in [2.45, 2.75) is 6.92 Å². The topological polar surface area (TPSA) is 59.6 Å². The van der Waals surface area contributed by atoms with Crippen molar-refractivity contribution in [2.75, 3.05) is 32.6 Å². The van der Waals surface area contributed by atoms with E-state index in [0.717, 1.165) is 24.4 Å². The second-order valence-corrected chi connectivity index (χ2v) is 4.37. The van der Waals surface area contributed by atoms with E-state index in [0.29, 0.717) is 11.4 Å². The van der Waals surface area contributed by atoms with Crippen LogP contribution >= 0.6 is 0 Å². The molecule has 2 N–H and O–H groups in total. The molecule has 0 unspecified atom stereocenters. The second-order valence-electron chi connectivity index (χ2n) is 4.37. The summed E-state index contributed by atoms with van der Waals surface area (Å²) in [6.45, 7) is 3.40. The van der Waals surface area contributed by atoms with Gasteiger partial charge < -0.3 is 20.1 Å². The number of nitrogens with one attached hydrogen (secondary N) is 2. The van der Waals surface area contributed by atoms with Crippen molar-refractivity contribution in [3.05, 3.63) is 17.7 Å². The number of rotatable bonds is 4. The molecule has 1 aromatic rings. The summed E-state index contributed by atoms with van der Waals surface area (Å²) in [6, 6.07) is 3.64. The van der Waals surface area contributed by atoms with E-state index in [1.54, 1.807) is 20.3 Å². The van der Waals surface area contributed by atoms with E-state index < -0.39 is 0 Å². The van der Waals surface area contributed by atoms with Gasteiger partial charge in [0.25, 0.3) is 0 Å².